The third kappa shape index (κ3) is 2.27. The van der Waals surface area contributed by atoms with Gasteiger partial charge in [0, 0.05) is 25.3 Å². The fraction of sp³-hybridized carbons (Fsp3) is 0.316. The third-order valence-corrected chi connectivity index (χ3v) is 4.70. The van der Waals surface area contributed by atoms with Crippen LogP contribution in [0, 0.1) is 0 Å². The van der Waals surface area contributed by atoms with Crippen molar-refractivity contribution in [2.24, 2.45) is 0 Å². The van der Waals surface area contributed by atoms with Crippen molar-refractivity contribution >= 4 is 11.7 Å². The molecule has 2 aromatic rings. The van der Waals surface area contributed by atoms with E-state index >= 15 is 0 Å². The molecule has 0 spiro atoms. The molecule has 0 atom stereocenters. The zero-order valence-corrected chi connectivity index (χ0v) is 12.7. The number of anilines is 1. The summed E-state index contributed by atoms with van der Waals surface area (Å²) in [4.78, 5) is 16.7. The average Bonchev–Trinajstić information content (AvgIpc) is 3.24. The van der Waals surface area contributed by atoms with E-state index in [4.69, 9.17) is 0 Å². The Hall–Kier alpha value is -2.29. The number of amides is 2. The summed E-state index contributed by atoms with van der Waals surface area (Å²) >= 11 is 0. The van der Waals surface area contributed by atoms with Crippen molar-refractivity contribution in [2.75, 3.05) is 24.5 Å². The summed E-state index contributed by atoms with van der Waals surface area (Å²) in [6.45, 7) is 2.62. The van der Waals surface area contributed by atoms with Crippen LogP contribution < -0.4 is 4.90 Å². The van der Waals surface area contributed by atoms with E-state index in [-0.39, 0.29) is 6.03 Å². The molecule has 0 aliphatic carbocycles. The van der Waals surface area contributed by atoms with Crippen LogP contribution in [0.25, 0.3) is 11.1 Å². The van der Waals surface area contributed by atoms with Crippen molar-refractivity contribution in [3.8, 4) is 11.1 Å². The molecule has 2 aromatic carbocycles. The molecule has 4 rings (SSSR count). The summed E-state index contributed by atoms with van der Waals surface area (Å²) in [6.07, 6.45) is 3.23. The van der Waals surface area contributed by atoms with Crippen LogP contribution in [0.5, 0.6) is 0 Å². The lowest BCUT2D eigenvalue weighted by Gasteiger charge is -2.24. The number of rotatable bonds is 1. The Morgan fingerprint density at radius 1 is 0.864 bits per heavy atom. The molecule has 0 N–H and O–H groups in total. The maximum absolute atomic E-state index is 12.7. The first-order valence-electron chi connectivity index (χ1n) is 8.08. The van der Waals surface area contributed by atoms with Gasteiger partial charge in [-0.2, -0.15) is 0 Å². The van der Waals surface area contributed by atoms with Gasteiger partial charge in [-0.3, -0.25) is 4.90 Å². The van der Waals surface area contributed by atoms with Crippen molar-refractivity contribution in [3.05, 3.63) is 54.1 Å². The van der Waals surface area contributed by atoms with E-state index in [9.17, 15) is 4.79 Å². The lowest BCUT2D eigenvalue weighted by Crippen LogP contribution is -2.40. The van der Waals surface area contributed by atoms with Gasteiger partial charge < -0.3 is 4.90 Å². The Morgan fingerprint density at radius 2 is 1.64 bits per heavy atom. The van der Waals surface area contributed by atoms with Gasteiger partial charge in [-0.1, -0.05) is 42.5 Å². The normalized spacial score (nSPS) is 16.9. The first kappa shape index (κ1) is 13.4. The zero-order chi connectivity index (χ0) is 14.9. The van der Waals surface area contributed by atoms with Crippen molar-refractivity contribution < 1.29 is 4.79 Å². The Balaban J connectivity index is 1.67. The van der Waals surface area contributed by atoms with E-state index < -0.39 is 0 Å². The topological polar surface area (TPSA) is 23.6 Å². The quantitative estimate of drug-likeness (QED) is 0.781. The van der Waals surface area contributed by atoms with E-state index in [1.54, 1.807) is 0 Å². The molecule has 0 unspecified atom stereocenters. The van der Waals surface area contributed by atoms with Gasteiger partial charge in [0.25, 0.3) is 0 Å². The minimum Gasteiger partial charge on any atom is -0.324 e. The molecule has 3 nitrogen and oxygen atoms in total. The van der Waals surface area contributed by atoms with Crippen LogP contribution in [-0.4, -0.2) is 30.6 Å². The Labute approximate surface area is 131 Å². The van der Waals surface area contributed by atoms with Crippen LogP contribution >= 0.6 is 0 Å². The fourth-order valence-electron chi connectivity index (χ4n) is 3.47. The number of fused-ring (bicyclic) bond motifs is 1. The minimum absolute atomic E-state index is 0.182. The SMILES string of the molecule is O=C(N1CCCC1)N1CCc2ccc(-c3ccccc3)cc21. The van der Waals surface area contributed by atoms with Crippen molar-refractivity contribution in [3.63, 3.8) is 0 Å². The van der Waals surface area contributed by atoms with Gasteiger partial charge in [-0.25, -0.2) is 4.79 Å². The second-order valence-corrected chi connectivity index (χ2v) is 6.09. The number of hydrogen-bond donors (Lipinski definition) is 0. The predicted molar refractivity (Wildman–Crippen MR) is 89.1 cm³/mol. The molecule has 2 heterocycles. The monoisotopic (exact) mass is 292 g/mol. The molecule has 22 heavy (non-hydrogen) atoms. The second-order valence-electron chi connectivity index (χ2n) is 6.09. The lowest BCUT2D eigenvalue weighted by atomic mass is 10.0. The molecule has 2 aliphatic heterocycles. The van der Waals surface area contributed by atoms with E-state index in [1.165, 1.54) is 16.7 Å². The molecule has 112 valence electrons. The van der Waals surface area contributed by atoms with Crippen LogP contribution in [0.3, 0.4) is 0 Å². The summed E-state index contributed by atoms with van der Waals surface area (Å²) < 4.78 is 0. The van der Waals surface area contributed by atoms with Gasteiger partial charge in [0.15, 0.2) is 0 Å². The number of benzene rings is 2. The molecular formula is C19H20N2O. The number of hydrogen-bond acceptors (Lipinski definition) is 1. The van der Waals surface area contributed by atoms with E-state index in [0.29, 0.717) is 0 Å². The summed E-state index contributed by atoms with van der Waals surface area (Å²) in [7, 11) is 0. The standard InChI is InChI=1S/C19H20N2O/c22-19(20-11-4-5-12-20)21-13-10-16-8-9-17(14-18(16)21)15-6-2-1-3-7-15/h1-3,6-9,14H,4-5,10-13H2. The van der Waals surface area contributed by atoms with E-state index in [2.05, 4.69) is 42.5 Å². The number of nitrogens with zero attached hydrogens (tertiary/aromatic N) is 2. The molecule has 0 radical (unpaired) electrons. The van der Waals surface area contributed by atoms with E-state index in [1.807, 2.05) is 15.9 Å². The smallest absolute Gasteiger partial charge is 0.324 e. The molecule has 0 saturated carbocycles. The van der Waals surface area contributed by atoms with Gasteiger partial charge >= 0.3 is 6.03 Å². The molecule has 0 bridgehead atoms. The molecule has 0 aromatic heterocycles. The summed E-state index contributed by atoms with van der Waals surface area (Å²) in [6, 6.07) is 17.1. The maximum atomic E-state index is 12.7. The van der Waals surface area contributed by atoms with E-state index in [0.717, 1.165) is 44.6 Å². The average molecular weight is 292 g/mol. The Kier molecular flexibility index (Phi) is 3.34. The largest absolute Gasteiger partial charge is 0.324 e. The molecule has 3 heteroatoms. The summed E-state index contributed by atoms with van der Waals surface area (Å²) in [5.74, 6) is 0. The molecule has 1 saturated heterocycles. The van der Waals surface area contributed by atoms with Gasteiger partial charge in [-0.15, -0.1) is 0 Å². The van der Waals surface area contributed by atoms with Crippen LogP contribution in [0.2, 0.25) is 0 Å². The number of likely N-dealkylation sites (tertiary alicyclic amines) is 1. The zero-order valence-electron chi connectivity index (χ0n) is 12.7. The summed E-state index contributed by atoms with van der Waals surface area (Å²) in [5.41, 5.74) is 4.76. The van der Waals surface area contributed by atoms with Gasteiger partial charge in [0.05, 0.1) is 0 Å². The van der Waals surface area contributed by atoms with Crippen LogP contribution in [0.4, 0.5) is 10.5 Å². The van der Waals surface area contributed by atoms with Crippen LogP contribution in [-0.2, 0) is 6.42 Å². The van der Waals surface area contributed by atoms with Gasteiger partial charge in [-0.05, 0) is 42.0 Å². The van der Waals surface area contributed by atoms with Crippen molar-refractivity contribution in [1.82, 2.24) is 4.90 Å². The molecule has 2 aliphatic rings. The fourth-order valence-corrected chi connectivity index (χ4v) is 3.47. The highest BCUT2D eigenvalue weighted by molar-refractivity contribution is 5.95. The second kappa shape index (κ2) is 5.48. The summed E-state index contributed by atoms with van der Waals surface area (Å²) in [5, 5.41) is 0. The molecule has 2 amide bonds. The third-order valence-electron chi connectivity index (χ3n) is 4.70. The van der Waals surface area contributed by atoms with Crippen LogP contribution in [0.15, 0.2) is 48.5 Å². The Morgan fingerprint density at radius 3 is 2.41 bits per heavy atom. The van der Waals surface area contributed by atoms with Gasteiger partial charge in [0.2, 0.25) is 0 Å². The first-order valence-corrected chi connectivity index (χ1v) is 8.08. The maximum Gasteiger partial charge on any atom is 0.324 e. The first-order chi connectivity index (χ1) is 10.8. The van der Waals surface area contributed by atoms with Gasteiger partial charge in [0.1, 0.15) is 0 Å². The number of urea groups is 1. The highest BCUT2D eigenvalue weighted by Crippen LogP contribution is 2.33. The Bertz CT molecular complexity index is 690. The number of carbonyl (C=O) groups is 1. The van der Waals surface area contributed by atoms with Crippen molar-refractivity contribution in [2.45, 2.75) is 19.3 Å². The lowest BCUT2D eigenvalue weighted by molar-refractivity contribution is 0.216. The van der Waals surface area contributed by atoms with Crippen molar-refractivity contribution in [1.29, 1.82) is 0 Å². The number of carbonyl (C=O) groups excluding carboxylic acids is 1. The van der Waals surface area contributed by atoms with Crippen LogP contribution in [0.1, 0.15) is 18.4 Å². The predicted octanol–water partition coefficient (Wildman–Crippen LogP) is 3.93. The highest BCUT2D eigenvalue weighted by atomic mass is 16.2. The molecular weight excluding hydrogens is 272 g/mol. The highest BCUT2D eigenvalue weighted by Gasteiger charge is 2.29. The minimum atomic E-state index is 0.182. The molecule has 1 fully saturated rings.